The molecular weight excluding hydrogens is 204 g/mol. The second-order valence-corrected chi connectivity index (χ2v) is 3.89. The molecule has 0 amide bonds. The summed E-state index contributed by atoms with van der Waals surface area (Å²) in [5.74, 6) is 3.63. The third-order valence-corrected chi connectivity index (χ3v) is 2.85. The highest BCUT2D eigenvalue weighted by molar-refractivity contribution is 5.47. The number of furan rings is 1. The van der Waals surface area contributed by atoms with E-state index in [1.807, 2.05) is 12.1 Å². The van der Waals surface area contributed by atoms with Crippen LogP contribution in [-0.4, -0.2) is 21.3 Å². The summed E-state index contributed by atoms with van der Waals surface area (Å²) in [4.78, 5) is 0. The highest BCUT2D eigenvalue weighted by atomic mass is 16.3. The molecule has 0 aliphatic carbocycles. The van der Waals surface area contributed by atoms with E-state index in [-0.39, 0.29) is 0 Å². The molecule has 0 atom stereocenters. The van der Waals surface area contributed by atoms with Crippen molar-refractivity contribution in [3.05, 3.63) is 23.7 Å². The zero-order valence-corrected chi connectivity index (χ0v) is 9.23. The van der Waals surface area contributed by atoms with Crippen molar-refractivity contribution < 1.29 is 4.42 Å². The summed E-state index contributed by atoms with van der Waals surface area (Å²) in [6.45, 7) is 4.72. The van der Waals surface area contributed by atoms with Crippen molar-refractivity contribution in [1.82, 2.24) is 20.1 Å². The molecule has 0 unspecified atom stereocenters. The third kappa shape index (κ3) is 1.44. The van der Waals surface area contributed by atoms with Crippen LogP contribution < -0.4 is 5.32 Å². The lowest BCUT2D eigenvalue weighted by Crippen LogP contribution is -2.28. The minimum absolute atomic E-state index is 0.786. The first kappa shape index (κ1) is 9.59. The van der Waals surface area contributed by atoms with Gasteiger partial charge in [0.15, 0.2) is 11.6 Å². The van der Waals surface area contributed by atoms with E-state index in [1.165, 1.54) is 0 Å². The van der Waals surface area contributed by atoms with E-state index in [9.17, 15) is 0 Å². The van der Waals surface area contributed by atoms with Crippen LogP contribution in [0, 0.1) is 0 Å². The number of aromatic nitrogens is 3. The molecule has 5 nitrogen and oxygen atoms in total. The van der Waals surface area contributed by atoms with Crippen molar-refractivity contribution >= 4 is 0 Å². The standard InChI is InChI=1S/C11H14N4O/c1-2-8-3-4-9(16-8)11-14-13-10-7-12-5-6-15(10)11/h3-4,12H,2,5-7H2,1H3. The largest absolute Gasteiger partial charge is 0.458 e. The average Bonchev–Trinajstić information content (AvgIpc) is 2.94. The molecule has 0 bridgehead atoms. The van der Waals surface area contributed by atoms with Gasteiger partial charge in [-0.15, -0.1) is 10.2 Å². The highest BCUT2D eigenvalue weighted by Gasteiger charge is 2.18. The molecule has 84 valence electrons. The van der Waals surface area contributed by atoms with Gasteiger partial charge in [0.05, 0.1) is 6.54 Å². The highest BCUT2D eigenvalue weighted by Crippen LogP contribution is 2.22. The second-order valence-electron chi connectivity index (χ2n) is 3.89. The van der Waals surface area contributed by atoms with Crippen LogP contribution in [0.5, 0.6) is 0 Å². The van der Waals surface area contributed by atoms with E-state index in [0.29, 0.717) is 0 Å². The van der Waals surface area contributed by atoms with Crippen LogP contribution in [0.25, 0.3) is 11.6 Å². The summed E-state index contributed by atoms with van der Waals surface area (Å²) in [5.41, 5.74) is 0. The fourth-order valence-electron chi connectivity index (χ4n) is 1.96. The van der Waals surface area contributed by atoms with Gasteiger partial charge in [-0.25, -0.2) is 0 Å². The number of hydrogen-bond donors (Lipinski definition) is 1. The summed E-state index contributed by atoms with van der Waals surface area (Å²) in [5, 5.41) is 11.6. The number of nitrogens with zero attached hydrogens (tertiary/aromatic N) is 3. The molecule has 2 aromatic heterocycles. The van der Waals surface area contributed by atoms with Crippen molar-refractivity contribution in [1.29, 1.82) is 0 Å². The molecular formula is C11H14N4O. The van der Waals surface area contributed by atoms with E-state index in [2.05, 4.69) is 27.0 Å². The second kappa shape index (κ2) is 3.75. The van der Waals surface area contributed by atoms with Crippen molar-refractivity contribution in [2.45, 2.75) is 26.4 Å². The van der Waals surface area contributed by atoms with Crippen LogP contribution in [-0.2, 0) is 19.5 Å². The Balaban J connectivity index is 2.02. The molecule has 0 saturated heterocycles. The van der Waals surface area contributed by atoms with Crippen molar-refractivity contribution in [2.75, 3.05) is 6.54 Å². The molecule has 0 aromatic carbocycles. The zero-order valence-electron chi connectivity index (χ0n) is 9.23. The van der Waals surface area contributed by atoms with E-state index in [1.54, 1.807) is 0 Å². The molecule has 3 heterocycles. The van der Waals surface area contributed by atoms with Gasteiger partial charge in [0, 0.05) is 19.5 Å². The monoisotopic (exact) mass is 218 g/mol. The number of fused-ring (bicyclic) bond motifs is 1. The summed E-state index contributed by atoms with van der Waals surface area (Å²) in [7, 11) is 0. The lowest BCUT2D eigenvalue weighted by atomic mass is 10.3. The van der Waals surface area contributed by atoms with Gasteiger partial charge in [0.1, 0.15) is 11.6 Å². The van der Waals surface area contributed by atoms with Gasteiger partial charge in [0.2, 0.25) is 0 Å². The normalized spacial score (nSPS) is 15.1. The molecule has 0 spiro atoms. The Kier molecular flexibility index (Phi) is 2.25. The SMILES string of the molecule is CCc1ccc(-c2nnc3n2CCNC3)o1. The van der Waals surface area contributed by atoms with Crippen LogP contribution in [0.15, 0.2) is 16.5 Å². The molecule has 16 heavy (non-hydrogen) atoms. The van der Waals surface area contributed by atoms with Crippen LogP contribution in [0.1, 0.15) is 18.5 Å². The Morgan fingerprint density at radius 3 is 3.19 bits per heavy atom. The van der Waals surface area contributed by atoms with Crippen LogP contribution in [0.3, 0.4) is 0 Å². The topological polar surface area (TPSA) is 55.9 Å². The minimum Gasteiger partial charge on any atom is -0.458 e. The number of aryl methyl sites for hydroxylation is 1. The number of hydrogen-bond acceptors (Lipinski definition) is 4. The summed E-state index contributed by atoms with van der Waals surface area (Å²) < 4.78 is 7.82. The first-order valence-corrected chi connectivity index (χ1v) is 5.60. The maximum atomic E-state index is 5.70. The molecule has 0 saturated carbocycles. The van der Waals surface area contributed by atoms with Gasteiger partial charge >= 0.3 is 0 Å². The molecule has 0 radical (unpaired) electrons. The van der Waals surface area contributed by atoms with Crippen molar-refractivity contribution in [3.8, 4) is 11.6 Å². The predicted octanol–water partition coefficient (Wildman–Crippen LogP) is 1.20. The van der Waals surface area contributed by atoms with Crippen LogP contribution in [0.4, 0.5) is 0 Å². The van der Waals surface area contributed by atoms with E-state index < -0.39 is 0 Å². The molecule has 3 rings (SSSR count). The van der Waals surface area contributed by atoms with Gasteiger partial charge in [0.25, 0.3) is 0 Å². The molecule has 5 heteroatoms. The van der Waals surface area contributed by atoms with Gasteiger partial charge < -0.3 is 14.3 Å². The zero-order chi connectivity index (χ0) is 11.0. The Labute approximate surface area is 93.5 Å². The maximum absolute atomic E-state index is 5.70. The average molecular weight is 218 g/mol. The molecule has 0 fully saturated rings. The summed E-state index contributed by atoms with van der Waals surface area (Å²) >= 11 is 0. The quantitative estimate of drug-likeness (QED) is 0.823. The Morgan fingerprint density at radius 1 is 1.44 bits per heavy atom. The smallest absolute Gasteiger partial charge is 0.199 e. The van der Waals surface area contributed by atoms with Gasteiger partial charge in [-0.3, -0.25) is 0 Å². The third-order valence-electron chi connectivity index (χ3n) is 2.85. The van der Waals surface area contributed by atoms with E-state index in [0.717, 1.165) is 49.2 Å². The minimum atomic E-state index is 0.786. The lowest BCUT2D eigenvalue weighted by Gasteiger charge is -2.14. The lowest BCUT2D eigenvalue weighted by molar-refractivity contribution is 0.492. The van der Waals surface area contributed by atoms with Gasteiger partial charge in [-0.2, -0.15) is 0 Å². The Morgan fingerprint density at radius 2 is 2.38 bits per heavy atom. The summed E-state index contributed by atoms with van der Waals surface area (Å²) in [6, 6.07) is 3.97. The first-order valence-electron chi connectivity index (χ1n) is 5.60. The number of rotatable bonds is 2. The fourth-order valence-corrected chi connectivity index (χ4v) is 1.96. The Bertz CT molecular complexity index is 500. The molecule has 1 aliphatic heterocycles. The first-order chi connectivity index (χ1) is 7.88. The fraction of sp³-hybridized carbons (Fsp3) is 0.455. The summed E-state index contributed by atoms with van der Waals surface area (Å²) in [6.07, 6.45) is 0.905. The van der Waals surface area contributed by atoms with Gasteiger partial charge in [-0.1, -0.05) is 6.92 Å². The molecule has 1 N–H and O–H groups in total. The van der Waals surface area contributed by atoms with Crippen molar-refractivity contribution in [3.63, 3.8) is 0 Å². The number of nitrogens with one attached hydrogen (secondary N) is 1. The molecule has 2 aromatic rings. The van der Waals surface area contributed by atoms with Crippen molar-refractivity contribution in [2.24, 2.45) is 0 Å². The van der Waals surface area contributed by atoms with E-state index in [4.69, 9.17) is 4.42 Å². The van der Waals surface area contributed by atoms with E-state index >= 15 is 0 Å². The molecule has 1 aliphatic rings. The van der Waals surface area contributed by atoms with Crippen LogP contribution in [0.2, 0.25) is 0 Å². The maximum Gasteiger partial charge on any atom is 0.199 e. The predicted molar refractivity (Wildman–Crippen MR) is 58.8 cm³/mol. The Hall–Kier alpha value is -1.62. The van der Waals surface area contributed by atoms with Gasteiger partial charge in [-0.05, 0) is 12.1 Å². The van der Waals surface area contributed by atoms with Crippen LogP contribution >= 0.6 is 0 Å².